The van der Waals surface area contributed by atoms with E-state index in [0.717, 1.165) is 31.7 Å². The SMILES string of the molecule is CN=C(NC1CCN(c2ccccn2)CC1)NC1CC1c1c(F)cccc1F. The number of halogens is 2. The minimum atomic E-state index is -0.473. The van der Waals surface area contributed by atoms with E-state index in [4.69, 9.17) is 0 Å². The summed E-state index contributed by atoms with van der Waals surface area (Å²) in [6, 6.07) is 10.3. The third-order valence-electron chi connectivity index (χ3n) is 5.52. The van der Waals surface area contributed by atoms with E-state index in [1.807, 2.05) is 24.4 Å². The molecule has 1 aliphatic carbocycles. The van der Waals surface area contributed by atoms with Gasteiger partial charge in [-0.2, -0.15) is 0 Å². The molecule has 2 aliphatic rings. The van der Waals surface area contributed by atoms with Crippen molar-refractivity contribution in [3.05, 3.63) is 59.8 Å². The minimum absolute atomic E-state index is 0.00575. The van der Waals surface area contributed by atoms with Crippen LogP contribution in [0.4, 0.5) is 14.6 Å². The highest BCUT2D eigenvalue weighted by molar-refractivity contribution is 5.81. The van der Waals surface area contributed by atoms with Crippen molar-refractivity contribution in [2.75, 3.05) is 25.0 Å². The first-order valence-electron chi connectivity index (χ1n) is 9.75. The highest BCUT2D eigenvalue weighted by atomic mass is 19.1. The maximum Gasteiger partial charge on any atom is 0.191 e. The second-order valence-electron chi connectivity index (χ2n) is 7.39. The lowest BCUT2D eigenvalue weighted by molar-refractivity contribution is 0.459. The van der Waals surface area contributed by atoms with Crippen LogP contribution in [0.15, 0.2) is 47.6 Å². The lowest BCUT2D eigenvalue weighted by Gasteiger charge is -2.33. The van der Waals surface area contributed by atoms with Gasteiger partial charge in [-0.3, -0.25) is 4.99 Å². The molecule has 2 fully saturated rings. The van der Waals surface area contributed by atoms with E-state index in [0.29, 0.717) is 18.4 Å². The van der Waals surface area contributed by atoms with Crippen LogP contribution in [0.25, 0.3) is 0 Å². The van der Waals surface area contributed by atoms with Gasteiger partial charge in [0.05, 0.1) is 0 Å². The van der Waals surface area contributed by atoms with Crippen LogP contribution in [-0.4, -0.2) is 43.2 Å². The summed E-state index contributed by atoms with van der Waals surface area (Å²) in [7, 11) is 1.72. The molecular weight excluding hydrogens is 360 g/mol. The summed E-state index contributed by atoms with van der Waals surface area (Å²) in [6.45, 7) is 1.86. The second kappa shape index (κ2) is 8.12. The number of piperidine rings is 1. The smallest absolute Gasteiger partial charge is 0.191 e. The average Bonchev–Trinajstić information content (AvgIpc) is 3.47. The maximum absolute atomic E-state index is 14.0. The molecule has 2 unspecified atom stereocenters. The Kier molecular flexibility index (Phi) is 5.41. The molecule has 1 aromatic heterocycles. The van der Waals surface area contributed by atoms with E-state index in [-0.39, 0.29) is 17.5 Å². The van der Waals surface area contributed by atoms with Gasteiger partial charge < -0.3 is 15.5 Å². The highest BCUT2D eigenvalue weighted by Crippen LogP contribution is 2.43. The zero-order valence-electron chi connectivity index (χ0n) is 15.9. The Balaban J connectivity index is 1.29. The standard InChI is InChI=1S/C21H25F2N5/c1-24-21(27-18-13-15(18)20-16(22)5-4-6-17(20)23)26-14-8-11-28(12-9-14)19-7-2-3-10-25-19/h2-7,10,14-15,18H,8-9,11-13H2,1H3,(H2,24,26,27). The van der Waals surface area contributed by atoms with Crippen LogP contribution in [0.1, 0.15) is 30.7 Å². The van der Waals surface area contributed by atoms with Gasteiger partial charge in [0, 0.05) is 49.9 Å². The molecular formula is C21H25F2N5. The molecule has 2 aromatic rings. The topological polar surface area (TPSA) is 52.6 Å². The summed E-state index contributed by atoms with van der Waals surface area (Å²) in [5, 5.41) is 6.77. The van der Waals surface area contributed by atoms with Gasteiger partial charge in [0.25, 0.3) is 0 Å². The Morgan fingerprint density at radius 3 is 2.46 bits per heavy atom. The van der Waals surface area contributed by atoms with Gasteiger partial charge >= 0.3 is 0 Å². The third kappa shape index (κ3) is 4.08. The van der Waals surface area contributed by atoms with Gasteiger partial charge in [0.15, 0.2) is 5.96 Å². The molecule has 0 amide bonds. The van der Waals surface area contributed by atoms with E-state index in [2.05, 4.69) is 25.5 Å². The van der Waals surface area contributed by atoms with Gasteiger partial charge in [-0.1, -0.05) is 12.1 Å². The normalized spacial score (nSPS) is 22.8. The van der Waals surface area contributed by atoms with Crippen molar-refractivity contribution >= 4 is 11.8 Å². The molecule has 148 valence electrons. The Morgan fingerprint density at radius 2 is 1.82 bits per heavy atom. The summed E-state index contributed by atoms with van der Waals surface area (Å²) < 4.78 is 27.9. The maximum atomic E-state index is 14.0. The monoisotopic (exact) mass is 385 g/mol. The number of anilines is 1. The van der Waals surface area contributed by atoms with E-state index < -0.39 is 11.6 Å². The van der Waals surface area contributed by atoms with Crippen molar-refractivity contribution in [2.24, 2.45) is 4.99 Å². The number of hydrogen-bond acceptors (Lipinski definition) is 3. The minimum Gasteiger partial charge on any atom is -0.356 e. The second-order valence-corrected chi connectivity index (χ2v) is 7.39. The molecule has 1 aliphatic heterocycles. The number of benzene rings is 1. The van der Waals surface area contributed by atoms with Crippen LogP contribution in [-0.2, 0) is 0 Å². The predicted octanol–water partition coefficient (Wildman–Crippen LogP) is 3.05. The van der Waals surface area contributed by atoms with Crippen LogP contribution < -0.4 is 15.5 Å². The molecule has 4 rings (SSSR count). The van der Waals surface area contributed by atoms with Crippen LogP contribution in [0.5, 0.6) is 0 Å². The first-order chi connectivity index (χ1) is 13.7. The van der Waals surface area contributed by atoms with Crippen molar-refractivity contribution < 1.29 is 8.78 Å². The average molecular weight is 385 g/mol. The molecule has 0 radical (unpaired) electrons. The molecule has 7 heteroatoms. The molecule has 1 saturated carbocycles. The fraction of sp³-hybridized carbons (Fsp3) is 0.429. The van der Waals surface area contributed by atoms with Crippen molar-refractivity contribution in [3.63, 3.8) is 0 Å². The molecule has 2 N–H and O–H groups in total. The quantitative estimate of drug-likeness (QED) is 0.628. The molecule has 1 aromatic carbocycles. The third-order valence-corrected chi connectivity index (χ3v) is 5.52. The summed E-state index contributed by atoms with van der Waals surface area (Å²) in [6.07, 6.45) is 4.48. The fourth-order valence-corrected chi connectivity index (χ4v) is 3.87. The molecule has 5 nitrogen and oxygen atoms in total. The van der Waals surface area contributed by atoms with Crippen molar-refractivity contribution in [1.29, 1.82) is 0 Å². The van der Waals surface area contributed by atoms with Gasteiger partial charge in [-0.05, 0) is 43.5 Å². The van der Waals surface area contributed by atoms with Crippen molar-refractivity contribution in [3.8, 4) is 0 Å². The number of hydrogen-bond donors (Lipinski definition) is 2. The Labute approximate surface area is 163 Å². The Bertz CT molecular complexity index is 814. The first-order valence-corrected chi connectivity index (χ1v) is 9.75. The lowest BCUT2D eigenvalue weighted by Crippen LogP contribution is -2.49. The molecule has 0 bridgehead atoms. The zero-order valence-corrected chi connectivity index (χ0v) is 15.9. The Morgan fingerprint density at radius 1 is 1.07 bits per heavy atom. The lowest BCUT2D eigenvalue weighted by atomic mass is 10.1. The van der Waals surface area contributed by atoms with Crippen LogP contribution in [0, 0.1) is 11.6 Å². The fourth-order valence-electron chi connectivity index (χ4n) is 3.87. The summed E-state index contributed by atoms with van der Waals surface area (Å²) in [4.78, 5) is 11.0. The van der Waals surface area contributed by atoms with Crippen molar-refractivity contribution in [2.45, 2.75) is 37.3 Å². The van der Waals surface area contributed by atoms with Gasteiger partial charge in [-0.15, -0.1) is 0 Å². The number of aliphatic imine (C=N–C) groups is 1. The summed E-state index contributed by atoms with van der Waals surface area (Å²) >= 11 is 0. The van der Waals surface area contributed by atoms with E-state index in [1.165, 1.54) is 18.2 Å². The molecule has 0 spiro atoms. The molecule has 28 heavy (non-hydrogen) atoms. The number of guanidine groups is 1. The number of rotatable bonds is 4. The van der Waals surface area contributed by atoms with Gasteiger partial charge in [0.1, 0.15) is 17.5 Å². The number of aromatic nitrogens is 1. The first kappa shape index (κ1) is 18.7. The molecule has 1 saturated heterocycles. The molecule has 2 heterocycles. The van der Waals surface area contributed by atoms with E-state index in [9.17, 15) is 8.78 Å². The molecule has 2 atom stereocenters. The van der Waals surface area contributed by atoms with E-state index >= 15 is 0 Å². The van der Waals surface area contributed by atoms with Crippen molar-refractivity contribution in [1.82, 2.24) is 15.6 Å². The van der Waals surface area contributed by atoms with E-state index in [1.54, 1.807) is 7.05 Å². The van der Waals surface area contributed by atoms with Crippen LogP contribution >= 0.6 is 0 Å². The number of nitrogens with one attached hydrogen (secondary N) is 2. The highest BCUT2D eigenvalue weighted by Gasteiger charge is 2.42. The number of nitrogens with zero attached hydrogens (tertiary/aromatic N) is 3. The Hall–Kier alpha value is -2.70. The predicted molar refractivity (Wildman–Crippen MR) is 107 cm³/mol. The zero-order chi connectivity index (χ0) is 19.5. The van der Waals surface area contributed by atoms with Crippen LogP contribution in [0.2, 0.25) is 0 Å². The van der Waals surface area contributed by atoms with Gasteiger partial charge in [-0.25, -0.2) is 13.8 Å². The number of pyridine rings is 1. The largest absolute Gasteiger partial charge is 0.356 e. The summed E-state index contributed by atoms with van der Waals surface area (Å²) in [5.41, 5.74) is 0.180. The van der Waals surface area contributed by atoms with Crippen LogP contribution in [0.3, 0.4) is 0 Å². The van der Waals surface area contributed by atoms with Gasteiger partial charge in [0.2, 0.25) is 0 Å². The summed E-state index contributed by atoms with van der Waals surface area (Å²) in [5.74, 6) is 0.612.